The van der Waals surface area contributed by atoms with E-state index in [0.29, 0.717) is 16.6 Å². The number of nitrogens with one attached hydrogen (secondary N) is 1. The average molecular weight is 354 g/mol. The fourth-order valence-electron chi connectivity index (χ4n) is 1.95. The molecule has 1 aromatic rings. The highest BCUT2D eigenvalue weighted by Crippen LogP contribution is 2.34. The van der Waals surface area contributed by atoms with E-state index >= 15 is 0 Å². The van der Waals surface area contributed by atoms with Gasteiger partial charge in [0, 0.05) is 23.3 Å². The molecule has 114 valence electrons. The van der Waals surface area contributed by atoms with Gasteiger partial charge in [-0.05, 0) is 61.3 Å². The van der Waals surface area contributed by atoms with Crippen LogP contribution in [0.15, 0.2) is 22.7 Å². The maximum absolute atomic E-state index is 12.7. The van der Waals surface area contributed by atoms with Gasteiger partial charge < -0.3 is 10.1 Å². The number of alkyl halides is 3. The highest BCUT2D eigenvalue weighted by Gasteiger charge is 2.31. The van der Waals surface area contributed by atoms with Crippen LogP contribution in [-0.4, -0.2) is 18.8 Å². The maximum Gasteiger partial charge on any atom is 0.416 e. The van der Waals surface area contributed by atoms with Crippen LogP contribution in [0.25, 0.3) is 0 Å². The lowest BCUT2D eigenvalue weighted by Gasteiger charge is -2.28. The predicted molar refractivity (Wildman–Crippen MR) is 77.9 cm³/mol. The molecule has 6 heteroatoms. The molecule has 0 aromatic heterocycles. The molecule has 0 spiro atoms. The van der Waals surface area contributed by atoms with E-state index in [9.17, 15) is 13.2 Å². The molecule has 0 saturated heterocycles. The van der Waals surface area contributed by atoms with Crippen LogP contribution in [0.4, 0.5) is 18.9 Å². The van der Waals surface area contributed by atoms with Gasteiger partial charge in [-0.1, -0.05) is 0 Å². The van der Waals surface area contributed by atoms with E-state index in [1.165, 1.54) is 6.07 Å². The maximum atomic E-state index is 12.7. The number of methoxy groups -OCH3 is 1. The Bertz CT molecular complexity index is 460. The first-order valence-corrected chi connectivity index (χ1v) is 7.03. The van der Waals surface area contributed by atoms with Gasteiger partial charge in [0.15, 0.2) is 0 Å². The monoisotopic (exact) mass is 353 g/mol. The summed E-state index contributed by atoms with van der Waals surface area (Å²) in [5, 5.41) is 3.09. The molecule has 1 aromatic carbocycles. The Morgan fingerprint density at radius 1 is 1.30 bits per heavy atom. The molecular formula is C14H19BrF3NO. The zero-order valence-corrected chi connectivity index (χ0v) is 13.5. The molecule has 0 heterocycles. The second-order valence-corrected chi connectivity index (χ2v) is 6.26. The lowest BCUT2D eigenvalue weighted by atomic mass is 9.99. The zero-order valence-electron chi connectivity index (χ0n) is 11.9. The van der Waals surface area contributed by atoms with E-state index in [0.717, 1.165) is 12.1 Å². The number of hydrogen-bond donors (Lipinski definition) is 1. The first-order chi connectivity index (χ1) is 9.05. The second kappa shape index (κ2) is 6.35. The second-order valence-electron chi connectivity index (χ2n) is 5.41. The largest absolute Gasteiger partial charge is 0.416 e. The number of ether oxygens (including phenoxy) is 1. The van der Waals surface area contributed by atoms with Crippen molar-refractivity contribution in [2.75, 3.05) is 12.4 Å². The molecular weight excluding hydrogens is 335 g/mol. The van der Waals surface area contributed by atoms with E-state index in [2.05, 4.69) is 21.2 Å². The van der Waals surface area contributed by atoms with Crippen molar-refractivity contribution >= 4 is 21.6 Å². The normalized spacial score (nSPS) is 14.2. The SMILES string of the molecule is COC(C)(C)CC(C)Nc1cc(C(F)(F)F)ccc1Br. The molecule has 0 bridgehead atoms. The Balaban J connectivity index is 2.87. The van der Waals surface area contributed by atoms with Crippen molar-refractivity contribution < 1.29 is 17.9 Å². The first kappa shape index (κ1) is 17.3. The lowest BCUT2D eigenvalue weighted by molar-refractivity contribution is -0.137. The van der Waals surface area contributed by atoms with Crippen molar-refractivity contribution in [2.24, 2.45) is 0 Å². The van der Waals surface area contributed by atoms with Gasteiger partial charge in [0.2, 0.25) is 0 Å². The molecule has 1 unspecified atom stereocenters. The lowest BCUT2D eigenvalue weighted by Crippen LogP contribution is -2.31. The van der Waals surface area contributed by atoms with Gasteiger partial charge in [-0.15, -0.1) is 0 Å². The molecule has 0 amide bonds. The standard InChI is InChI=1S/C14H19BrF3NO/c1-9(8-13(2,3)20-4)19-12-7-10(14(16,17)18)5-6-11(12)15/h5-7,9,19H,8H2,1-4H3. The van der Waals surface area contributed by atoms with Crippen molar-refractivity contribution in [3.8, 4) is 0 Å². The van der Waals surface area contributed by atoms with Crippen LogP contribution in [0.2, 0.25) is 0 Å². The summed E-state index contributed by atoms with van der Waals surface area (Å²) < 4.78 is 44.0. The van der Waals surface area contributed by atoms with E-state index in [4.69, 9.17) is 4.74 Å². The van der Waals surface area contributed by atoms with Gasteiger partial charge in [0.05, 0.1) is 11.2 Å². The van der Waals surface area contributed by atoms with Crippen LogP contribution in [0.5, 0.6) is 0 Å². The third-order valence-corrected chi connectivity index (χ3v) is 3.74. The Labute approximate surface area is 125 Å². The van der Waals surface area contributed by atoms with Crippen LogP contribution in [0, 0.1) is 0 Å². The van der Waals surface area contributed by atoms with Gasteiger partial charge in [-0.25, -0.2) is 0 Å². The highest BCUT2D eigenvalue weighted by atomic mass is 79.9. The predicted octanol–water partition coefficient (Wildman–Crippen LogP) is 5.08. The van der Waals surface area contributed by atoms with Gasteiger partial charge in [0.25, 0.3) is 0 Å². The van der Waals surface area contributed by atoms with Crippen LogP contribution in [-0.2, 0) is 10.9 Å². The number of halogens is 4. The summed E-state index contributed by atoms with van der Waals surface area (Å²) >= 11 is 3.26. The third-order valence-electron chi connectivity index (χ3n) is 3.05. The van der Waals surface area contributed by atoms with Crippen LogP contribution in [0.1, 0.15) is 32.8 Å². The van der Waals surface area contributed by atoms with Crippen molar-refractivity contribution in [1.82, 2.24) is 0 Å². The topological polar surface area (TPSA) is 21.3 Å². The molecule has 0 aliphatic heterocycles. The molecule has 1 atom stereocenters. The van der Waals surface area contributed by atoms with Gasteiger partial charge >= 0.3 is 6.18 Å². The van der Waals surface area contributed by atoms with E-state index in [-0.39, 0.29) is 11.6 Å². The number of benzene rings is 1. The van der Waals surface area contributed by atoms with Gasteiger partial charge in [-0.3, -0.25) is 0 Å². The summed E-state index contributed by atoms with van der Waals surface area (Å²) in [6.45, 7) is 5.78. The van der Waals surface area contributed by atoms with Crippen molar-refractivity contribution in [1.29, 1.82) is 0 Å². The summed E-state index contributed by atoms with van der Waals surface area (Å²) in [6, 6.07) is 3.54. The third kappa shape index (κ3) is 4.98. The molecule has 20 heavy (non-hydrogen) atoms. The quantitative estimate of drug-likeness (QED) is 0.796. The summed E-state index contributed by atoms with van der Waals surface area (Å²) in [7, 11) is 1.62. The summed E-state index contributed by atoms with van der Waals surface area (Å²) in [4.78, 5) is 0. The van der Waals surface area contributed by atoms with Crippen LogP contribution in [0.3, 0.4) is 0 Å². The number of anilines is 1. The Morgan fingerprint density at radius 2 is 1.90 bits per heavy atom. The van der Waals surface area contributed by atoms with Crippen molar-refractivity contribution in [2.45, 2.75) is 45.0 Å². The molecule has 1 N–H and O–H groups in total. The average Bonchev–Trinajstić information content (AvgIpc) is 2.30. The fraction of sp³-hybridized carbons (Fsp3) is 0.571. The Morgan fingerprint density at radius 3 is 2.40 bits per heavy atom. The minimum Gasteiger partial charge on any atom is -0.382 e. The zero-order chi connectivity index (χ0) is 15.6. The Kier molecular flexibility index (Phi) is 5.49. The highest BCUT2D eigenvalue weighted by molar-refractivity contribution is 9.10. The molecule has 0 saturated carbocycles. The summed E-state index contributed by atoms with van der Waals surface area (Å²) in [5.41, 5.74) is -0.568. The first-order valence-electron chi connectivity index (χ1n) is 6.23. The summed E-state index contributed by atoms with van der Waals surface area (Å²) in [5.74, 6) is 0. The number of hydrogen-bond acceptors (Lipinski definition) is 2. The molecule has 2 nitrogen and oxygen atoms in total. The van der Waals surface area contributed by atoms with E-state index in [1.54, 1.807) is 7.11 Å². The summed E-state index contributed by atoms with van der Waals surface area (Å²) in [6.07, 6.45) is -3.67. The molecule has 0 aliphatic carbocycles. The molecule has 0 radical (unpaired) electrons. The van der Waals surface area contributed by atoms with Crippen LogP contribution >= 0.6 is 15.9 Å². The van der Waals surface area contributed by atoms with Gasteiger partial charge in [0.1, 0.15) is 0 Å². The fourth-order valence-corrected chi connectivity index (χ4v) is 2.31. The molecule has 0 aliphatic rings. The van der Waals surface area contributed by atoms with Crippen molar-refractivity contribution in [3.05, 3.63) is 28.2 Å². The molecule has 1 rings (SSSR count). The minimum atomic E-state index is -4.34. The van der Waals surface area contributed by atoms with Crippen molar-refractivity contribution in [3.63, 3.8) is 0 Å². The Hall–Kier alpha value is -0.750. The molecule has 0 fully saturated rings. The number of rotatable bonds is 5. The minimum absolute atomic E-state index is 0.0234. The smallest absolute Gasteiger partial charge is 0.382 e. The van der Waals surface area contributed by atoms with Crippen LogP contribution < -0.4 is 5.32 Å². The van der Waals surface area contributed by atoms with E-state index in [1.807, 2.05) is 20.8 Å². The van der Waals surface area contributed by atoms with E-state index < -0.39 is 11.7 Å². The van der Waals surface area contributed by atoms with Gasteiger partial charge in [-0.2, -0.15) is 13.2 Å².